The number of carbonyl (C=O) groups is 1. The van der Waals surface area contributed by atoms with Crippen molar-refractivity contribution in [2.75, 3.05) is 6.61 Å². The number of carbonyl (C=O) groups excluding carboxylic acids is 1. The van der Waals surface area contributed by atoms with Crippen LogP contribution in [-0.4, -0.2) is 12.6 Å². The van der Waals surface area contributed by atoms with Crippen molar-refractivity contribution in [2.45, 2.75) is 19.8 Å². The molecule has 0 bridgehead atoms. The number of hydrogen-bond donors (Lipinski definition) is 0. The number of hydrogen-bond acceptors (Lipinski definition) is 2. The average Bonchev–Trinajstić information content (AvgIpc) is 2.35. The minimum Gasteiger partial charge on any atom is -0.465 e. The van der Waals surface area contributed by atoms with Crippen LogP contribution in [0.5, 0.6) is 0 Å². The number of fused-ring (bicyclic) bond motifs is 1. The fourth-order valence-corrected chi connectivity index (χ4v) is 1.85. The molecule has 0 aliphatic rings. The largest absolute Gasteiger partial charge is 0.465 e. The second-order valence-electron chi connectivity index (χ2n) is 4.31. The number of rotatable bonds is 3. The van der Waals surface area contributed by atoms with Crippen LogP contribution in [0.4, 0.5) is 0 Å². The molecule has 0 saturated carbocycles. The van der Waals surface area contributed by atoms with Gasteiger partial charge in [-0.2, -0.15) is 0 Å². The van der Waals surface area contributed by atoms with Crippen LogP contribution in [0.15, 0.2) is 42.5 Å². The minimum atomic E-state index is -0.224. The molecule has 88 valence electrons. The van der Waals surface area contributed by atoms with E-state index in [9.17, 15) is 4.79 Å². The highest BCUT2D eigenvalue weighted by molar-refractivity contribution is 5.83. The first-order chi connectivity index (χ1) is 8.16. The summed E-state index contributed by atoms with van der Waals surface area (Å²) in [7, 11) is 0. The molecule has 0 aliphatic carbocycles. The van der Waals surface area contributed by atoms with E-state index in [0.717, 1.165) is 0 Å². The van der Waals surface area contributed by atoms with Crippen LogP contribution in [0.1, 0.15) is 25.3 Å². The molecular formula is C15H16O2. The van der Waals surface area contributed by atoms with E-state index < -0.39 is 0 Å². The molecule has 17 heavy (non-hydrogen) atoms. The number of benzene rings is 2. The molecule has 0 fully saturated rings. The summed E-state index contributed by atoms with van der Waals surface area (Å²) in [5.74, 6) is 0.00106. The van der Waals surface area contributed by atoms with E-state index in [4.69, 9.17) is 4.74 Å². The predicted molar refractivity (Wildman–Crippen MR) is 69.0 cm³/mol. The Labute approximate surface area is 101 Å². The molecule has 0 spiro atoms. The quantitative estimate of drug-likeness (QED) is 0.751. The smallest absolute Gasteiger partial charge is 0.302 e. The lowest BCUT2D eigenvalue weighted by atomic mass is 9.98. The van der Waals surface area contributed by atoms with E-state index in [1.165, 1.54) is 23.3 Å². The van der Waals surface area contributed by atoms with Crippen LogP contribution >= 0.6 is 0 Å². The van der Waals surface area contributed by atoms with Crippen LogP contribution in [0.3, 0.4) is 0 Å². The summed E-state index contributed by atoms with van der Waals surface area (Å²) in [4.78, 5) is 10.8. The van der Waals surface area contributed by atoms with E-state index in [0.29, 0.717) is 6.61 Å². The fourth-order valence-electron chi connectivity index (χ4n) is 1.85. The van der Waals surface area contributed by atoms with Gasteiger partial charge >= 0.3 is 5.97 Å². The summed E-state index contributed by atoms with van der Waals surface area (Å²) in [6.45, 7) is 3.94. The summed E-state index contributed by atoms with van der Waals surface area (Å²) in [5, 5.41) is 2.45. The molecule has 2 nitrogen and oxygen atoms in total. The molecule has 0 unspecified atom stereocenters. The first kappa shape index (κ1) is 11.6. The lowest BCUT2D eigenvalue weighted by molar-refractivity contribution is -0.141. The van der Waals surface area contributed by atoms with Gasteiger partial charge in [-0.15, -0.1) is 0 Å². The maximum atomic E-state index is 10.8. The Hall–Kier alpha value is -1.83. The van der Waals surface area contributed by atoms with Gasteiger partial charge < -0.3 is 4.74 Å². The van der Waals surface area contributed by atoms with Crippen LogP contribution in [0.2, 0.25) is 0 Å². The van der Waals surface area contributed by atoms with Gasteiger partial charge in [-0.05, 0) is 16.3 Å². The molecule has 0 saturated heterocycles. The zero-order chi connectivity index (χ0) is 12.3. The van der Waals surface area contributed by atoms with E-state index in [-0.39, 0.29) is 11.9 Å². The van der Waals surface area contributed by atoms with Gasteiger partial charge in [0.05, 0.1) is 6.61 Å². The highest BCUT2D eigenvalue weighted by atomic mass is 16.5. The van der Waals surface area contributed by atoms with Crippen molar-refractivity contribution >= 4 is 16.7 Å². The molecule has 0 radical (unpaired) electrons. The normalized spacial score (nSPS) is 12.4. The molecule has 0 aliphatic heterocycles. The highest BCUT2D eigenvalue weighted by Gasteiger charge is 2.07. The Morgan fingerprint density at radius 3 is 2.59 bits per heavy atom. The van der Waals surface area contributed by atoms with Crippen LogP contribution in [0.25, 0.3) is 10.8 Å². The zero-order valence-electron chi connectivity index (χ0n) is 10.1. The van der Waals surface area contributed by atoms with Crippen molar-refractivity contribution in [3.05, 3.63) is 48.0 Å². The molecule has 2 aromatic carbocycles. The molecular weight excluding hydrogens is 212 g/mol. The predicted octanol–water partition coefficient (Wildman–Crippen LogP) is 3.51. The van der Waals surface area contributed by atoms with Gasteiger partial charge in [0.2, 0.25) is 0 Å². The summed E-state index contributed by atoms with van der Waals surface area (Å²) in [5.41, 5.74) is 1.20. The molecule has 0 N–H and O–H groups in total. The first-order valence-electron chi connectivity index (χ1n) is 5.79. The van der Waals surface area contributed by atoms with Crippen molar-refractivity contribution in [2.24, 2.45) is 0 Å². The molecule has 2 heteroatoms. The third-order valence-corrected chi connectivity index (χ3v) is 2.88. The van der Waals surface area contributed by atoms with Crippen molar-refractivity contribution < 1.29 is 9.53 Å². The van der Waals surface area contributed by atoms with Crippen molar-refractivity contribution in [3.63, 3.8) is 0 Å². The summed E-state index contributed by atoms with van der Waals surface area (Å²) in [6, 6.07) is 14.6. The maximum Gasteiger partial charge on any atom is 0.302 e. The van der Waals surface area contributed by atoms with Crippen molar-refractivity contribution in [1.82, 2.24) is 0 Å². The minimum absolute atomic E-state index is 0.224. The summed E-state index contributed by atoms with van der Waals surface area (Å²) in [6.07, 6.45) is 0. The monoisotopic (exact) mass is 228 g/mol. The molecule has 1 atom stereocenters. The van der Waals surface area contributed by atoms with E-state index in [1.807, 2.05) is 12.1 Å². The molecule has 0 heterocycles. The number of ether oxygens (including phenoxy) is 1. The first-order valence-corrected chi connectivity index (χ1v) is 5.79. The van der Waals surface area contributed by atoms with Gasteiger partial charge in [0.15, 0.2) is 0 Å². The second kappa shape index (κ2) is 5.00. The molecule has 2 aromatic rings. The molecule has 0 aromatic heterocycles. The Morgan fingerprint density at radius 2 is 1.88 bits per heavy atom. The Balaban J connectivity index is 2.20. The van der Waals surface area contributed by atoms with Crippen molar-refractivity contribution in [3.8, 4) is 0 Å². The Morgan fingerprint density at radius 1 is 1.18 bits per heavy atom. The van der Waals surface area contributed by atoms with E-state index in [1.54, 1.807) is 0 Å². The van der Waals surface area contributed by atoms with Gasteiger partial charge in [0, 0.05) is 12.8 Å². The molecule has 0 amide bonds. The average molecular weight is 228 g/mol. The maximum absolute atomic E-state index is 10.8. The number of esters is 1. The van der Waals surface area contributed by atoms with Crippen molar-refractivity contribution in [1.29, 1.82) is 0 Å². The lowest BCUT2D eigenvalue weighted by Gasteiger charge is -2.12. The summed E-state index contributed by atoms with van der Waals surface area (Å²) < 4.78 is 5.03. The Bertz CT molecular complexity index is 531. The third-order valence-electron chi connectivity index (χ3n) is 2.88. The van der Waals surface area contributed by atoms with Crippen LogP contribution in [-0.2, 0) is 9.53 Å². The van der Waals surface area contributed by atoms with E-state index >= 15 is 0 Å². The SMILES string of the molecule is CC(=O)OC[C@@H](C)c1ccc2ccccc2c1. The fraction of sp³-hybridized carbons (Fsp3) is 0.267. The molecule has 2 rings (SSSR count). The zero-order valence-corrected chi connectivity index (χ0v) is 10.1. The van der Waals surface area contributed by atoms with Gasteiger partial charge in [-0.25, -0.2) is 0 Å². The van der Waals surface area contributed by atoms with Gasteiger partial charge in [-0.1, -0.05) is 49.4 Å². The van der Waals surface area contributed by atoms with Crippen LogP contribution < -0.4 is 0 Å². The highest BCUT2D eigenvalue weighted by Crippen LogP contribution is 2.21. The lowest BCUT2D eigenvalue weighted by Crippen LogP contribution is -2.07. The van der Waals surface area contributed by atoms with Crippen LogP contribution in [0, 0.1) is 0 Å². The summed E-state index contributed by atoms with van der Waals surface area (Å²) >= 11 is 0. The Kier molecular flexibility index (Phi) is 3.43. The third kappa shape index (κ3) is 2.84. The second-order valence-corrected chi connectivity index (χ2v) is 4.31. The van der Waals surface area contributed by atoms with Gasteiger partial charge in [0.25, 0.3) is 0 Å². The topological polar surface area (TPSA) is 26.3 Å². The van der Waals surface area contributed by atoms with Gasteiger partial charge in [-0.3, -0.25) is 4.79 Å². The standard InChI is InChI=1S/C15H16O2/c1-11(10-17-12(2)16)14-8-7-13-5-3-4-6-15(13)9-14/h3-9,11H,10H2,1-2H3/t11-/m1/s1. The van der Waals surface area contributed by atoms with Gasteiger partial charge in [0.1, 0.15) is 0 Å². The van der Waals surface area contributed by atoms with E-state index in [2.05, 4.69) is 37.3 Å².